The van der Waals surface area contributed by atoms with E-state index in [0.29, 0.717) is 34.6 Å². The summed E-state index contributed by atoms with van der Waals surface area (Å²) in [5.41, 5.74) is 0.564. The lowest BCUT2D eigenvalue weighted by Crippen LogP contribution is -2.44. The number of fused-ring (bicyclic) bond motifs is 2. The number of methoxy groups -OCH3 is 3. The number of rotatable bonds is 7. The number of hydrogen-bond acceptors (Lipinski definition) is 6. The van der Waals surface area contributed by atoms with Crippen molar-refractivity contribution in [2.75, 3.05) is 41.0 Å². The van der Waals surface area contributed by atoms with Gasteiger partial charge in [0.1, 0.15) is 6.10 Å². The van der Waals surface area contributed by atoms with E-state index in [0.717, 1.165) is 26.1 Å². The van der Waals surface area contributed by atoms with E-state index in [1.165, 1.54) is 19.3 Å². The van der Waals surface area contributed by atoms with Crippen LogP contribution in [0.4, 0.5) is 0 Å². The zero-order valence-electron chi connectivity index (χ0n) is 19.8. The average Bonchev–Trinajstić information content (AvgIpc) is 3.38. The van der Waals surface area contributed by atoms with Crippen molar-refractivity contribution in [3.8, 4) is 17.2 Å². The van der Waals surface area contributed by atoms with Gasteiger partial charge in [0.05, 0.1) is 26.9 Å². The summed E-state index contributed by atoms with van der Waals surface area (Å²) in [7, 11) is 4.66. The van der Waals surface area contributed by atoms with E-state index in [9.17, 15) is 4.79 Å². The van der Waals surface area contributed by atoms with Crippen LogP contribution in [0, 0.1) is 22.7 Å². The Bertz CT molecular complexity index is 806. The number of hydrogen-bond donors (Lipinski definition) is 0. The maximum atomic E-state index is 13.4. The molecule has 6 nitrogen and oxygen atoms in total. The fourth-order valence-corrected chi connectivity index (χ4v) is 6.59. The molecule has 1 heterocycles. The highest BCUT2D eigenvalue weighted by Gasteiger charge is 2.67. The molecule has 0 amide bonds. The third-order valence-electron chi connectivity index (χ3n) is 8.71. The molecule has 3 aliphatic rings. The molecule has 0 radical (unpaired) electrons. The van der Waals surface area contributed by atoms with Crippen molar-refractivity contribution < 1.29 is 23.7 Å². The zero-order valence-corrected chi connectivity index (χ0v) is 19.8. The maximum Gasteiger partial charge on any atom is 0.338 e. The summed E-state index contributed by atoms with van der Waals surface area (Å²) in [6.07, 6.45) is 4.78. The molecule has 4 atom stereocenters. The van der Waals surface area contributed by atoms with E-state index in [4.69, 9.17) is 18.9 Å². The lowest BCUT2D eigenvalue weighted by Gasteiger charge is -2.40. The highest BCUT2D eigenvalue weighted by molar-refractivity contribution is 5.91. The number of esters is 1. The second-order valence-corrected chi connectivity index (χ2v) is 10.2. The maximum absolute atomic E-state index is 13.4. The summed E-state index contributed by atoms with van der Waals surface area (Å²) in [6.45, 7) is 10.4. The van der Waals surface area contributed by atoms with Gasteiger partial charge in [-0.1, -0.05) is 20.8 Å². The van der Waals surface area contributed by atoms with E-state index in [1.54, 1.807) is 33.5 Å². The molecule has 1 aromatic carbocycles. The van der Waals surface area contributed by atoms with Gasteiger partial charge in [0.25, 0.3) is 0 Å². The molecular formula is C25H37NO5. The second kappa shape index (κ2) is 8.19. The Morgan fingerprint density at radius 2 is 1.65 bits per heavy atom. The number of carbonyl (C=O) groups is 1. The van der Waals surface area contributed by atoms with E-state index >= 15 is 0 Å². The average molecular weight is 432 g/mol. The summed E-state index contributed by atoms with van der Waals surface area (Å²) < 4.78 is 22.6. The minimum atomic E-state index is -0.319. The lowest BCUT2D eigenvalue weighted by molar-refractivity contribution is -0.0452. The summed E-state index contributed by atoms with van der Waals surface area (Å²) in [6, 6.07) is 3.36. The Labute approximate surface area is 186 Å². The topological polar surface area (TPSA) is 57.2 Å². The molecule has 4 rings (SSSR count). The van der Waals surface area contributed by atoms with Crippen LogP contribution >= 0.6 is 0 Å². The van der Waals surface area contributed by atoms with Gasteiger partial charge in [0, 0.05) is 17.9 Å². The van der Waals surface area contributed by atoms with Crippen molar-refractivity contribution in [2.45, 2.75) is 52.6 Å². The molecule has 1 aliphatic heterocycles. The van der Waals surface area contributed by atoms with E-state index < -0.39 is 0 Å². The van der Waals surface area contributed by atoms with Crippen LogP contribution in [-0.2, 0) is 4.74 Å². The number of likely N-dealkylation sites (tertiary alicyclic amines) is 1. The van der Waals surface area contributed by atoms with Gasteiger partial charge in [-0.05, 0) is 62.2 Å². The molecule has 0 aromatic heterocycles. The van der Waals surface area contributed by atoms with Crippen LogP contribution in [-0.4, -0.2) is 57.9 Å². The Balaban J connectivity index is 1.62. The van der Waals surface area contributed by atoms with Crippen molar-refractivity contribution in [2.24, 2.45) is 22.7 Å². The van der Waals surface area contributed by atoms with Gasteiger partial charge in [0.2, 0.25) is 5.75 Å². The Hall–Kier alpha value is -1.95. The summed E-state index contributed by atoms with van der Waals surface area (Å²) in [4.78, 5) is 15.9. The molecule has 4 unspecified atom stereocenters. The van der Waals surface area contributed by atoms with E-state index in [1.807, 2.05) is 0 Å². The SMILES string of the molecule is COc1cc(C(=O)OC2C(CN3CCCC3)C3CCC2(C)C3(C)C)cc(OC)c1OC. The van der Waals surface area contributed by atoms with Crippen LogP contribution in [0.25, 0.3) is 0 Å². The first kappa shape index (κ1) is 22.3. The second-order valence-electron chi connectivity index (χ2n) is 10.2. The normalized spacial score (nSPS) is 31.6. The summed E-state index contributed by atoms with van der Waals surface area (Å²) in [5, 5.41) is 0. The minimum absolute atomic E-state index is 0.0155. The predicted molar refractivity (Wildman–Crippen MR) is 119 cm³/mol. The molecule has 1 aromatic rings. The molecule has 3 fully saturated rings. The van der Waals surface area contributed by atoms with Gasteiger partial charge in [-0.15, -0.1) is 0 Å². The fraction of sp³-hybridized carbons (Fsp3) is 0.720. The van der Waals surface area contributed by atoms with Crippen molar-refractivity contribution >= 4 is 5.97 Å². The highest BCUT2D eigenvalue weighted by atomic mass is 16.5. The molecule has 2 saturated carbocycles. The van der Waals surface area contributed by atoms with Gasteiger partial charge in [-0.25, -0.2) is 4.79 Å². The van der Waals surface area contributed by atoms with Crippen LogP contribution in [0.3, 0.4) is 0 Å². The monoisotopic (exact) mass is 431 g/mol. The van der Waals surface area contributed by atoms with Crippen LogP contribution < -0.4 is 14.2 Å². The molecule has 6 heteroatoms. The Morgan fingerprint density at radius 1 is 1.03 bits per heavy atom. The first-order valence-electron chi connectivity index (χ1n) is 11.5. The van der Waals surface area contributed by atoms with Crippen molar-refractivity contribution in [3.63, 3.8) is 0 Å². The van der Waals surface area contributed by atoms with Crippen LogP contribution in [0.5, 0.6) is 17.2 Å². The third-order valence-corrected chi connectivity index (χ3v) is 8.71. The number of nitrogens with zero attached hydrogens (tertiary/aromatic N) is 1. The smallest absolute Gasteiger partial charge is 0.338 e. The fourth-order valence-electron chi connectivity index (χ4n) is 6.59. The number of benzene rings is 1. The summed E-state index contributed by atoms with van der Waals surface area (Å²) >= 11 is 0. The standard InChI is InChI=1S/C25H37NO5/c1-24(2)18-9-10-25(24,3)22(17(18)15-26-11-7-8-12-26)31-23(27)16-13-19(28-4)21(30-6)20(14-16)29-5/h13-14,17-18,22H,7-12,15H2,1-6H3. The van der Waals surface area contributed by atoms with Gasteiger partial charge >= 0.3 is 5.97 Å². The van der Waals surface area contributed by atoms with Crippen LogP contribution in [0.2, 0.25) is 0 Å². The number of carbonyl (C=O) groups excluding carboxylic acids is 1. The van der Waals surface area contributed by atoms with Crippen LogP contribution in [0.15, 0.2) is 12.1 Å². The first-order valence-corrected chi connectivity index (χ1v) is 11.5. The number of ether oxygens (including phenoxy) is 4. The van der Waals surface area contributed by atoms with Gasteiger partial charge in [0.15, 0.2) is 11.5 Å². The lowest BCUT2D eigenvalue weighted by atomic mass is 9.70. The Morgan fingerprint density at radius 3 is 2.19 bits per heavy atom. The molecule has 31 heavy (non-hydrogen) atoms. The van der Waals surface area contributed by atoms with Crippen molar-refractivity contribution in [3.05, 3.63) is 17.7 Å². The van der Waals surface area contributed by atoms with Crippen molar-refractivity contribution in [1.82, 2.24) is 4.90 Å². The van der Waals surface area contributed by atoms with Gasteiger partial charge < -0.3 is 23.8 Å². The summed E-state index contributed by atoms with van der Waals surface area (Å²) in [5.74, 6) is 2.03. The molecule has 0 N–H and O–H groups in total. The molecule has 2 aliphatic carbocycles. The first-order chi connectivity index (χ1) is 14.8. The third kappa shape index (κ3) is 3.47. The molecule has 1 saturated heterocycles. The van der Waals surface area contributed by atoms with Gasteiger partial charge in [-0.2, -0.15) is 0 Å². The molecule has 0 spiro atoms. The van der Waals surface area contributed by atoms with E-state index in [-0.39, 0.29) is 22.9 Å². The van der Waals surface area contributed by atoms with Crippen LogP contribution in [0.1, 0.15) is 56.8 Å². The quantitative estimate of drug-likeness (QED) is 0.596. The van der Waals surface area contributed by atoms with Gasteiger partial charge in [-0.3, -0.25) is 0 Å². The highest BCUT2D eigenvalue weighted by Crippen LogP contribution is 2.68. The van der Waals surface area contributed by atoms with E-state index in [2.05, 4.69) is 25.7 Å². The zero-order chi connectivity index (χ0) is 22.4. The van der Waals surface area contributed by atoms with Crippen molar-refractivity contribution in [1.29, 1.82) is 0 Å². The molecule has 172 valence electrons. The molecule has 2 bridgehead atoms. The molecular weight excluding hydrogens is 394 g/mol. The Kier molecular flexibility index (Phi) is 5.88. The largest absolute Gasteiger partial charge is 0.493 e. The minimum Gasteiger partial charge on any atom is -0.493 e. The predicted octanol–water partition coefficient (Wildman–Crippen LogP) is 4.41.